The molecule has 3 aromatic carbocycles. The van der Waals surface area contributed by atoms with Gasteiger partial charge in [0, 0.05) is 16.2 Å². The molecule has 29 heavy (non-hydrogen) atoms. The van der Waals surface area contributed by atoms with E-state index >= 15 is 0 Å². The molecule has 0 N–H and O–H groups in total. The van der Waals surface area contributed by atoms with Gasteiger partial charge in [0.2, 0.25) is 5.52 Å². The Hall–Kier alpha value is -4.48. The first-order chi connectivity index (χ1) is 14.3. The summed E-state index contributed by atoms with van der Waals surface area (Å²) in [5, 5.41) is 5.37. The summed E-state index contributed by atoms with van der Waals surface area (Å²) in [4.78, 5) is 16.0. The molecule has 0 saturated heterocycles. The van der Waals surface area contributed by atoms with Gasteiger partial charge in [0.25, 0.3) is 17.3 Å². The maximum absolute atomic E-state index is 7.44. The van der Waals surface area contributed by atoms with Crippen LogP contribution in [0.15, 0.2) is 66.7 Å². The summed E-state index contributed by atoms with van der Waals surface area (Å²) in [5.74, 6) is 0.0736. The summed E-state index contributed by atoms with van der Waals surface area (Å²) < 4.78 is 2.06. The Balaban J connectivity index is 2.04. The number of hydrogen-bond donors (Lipinski definition) is 0. The van der Waals surface area contributed by atoms with Crippen LogP contribution in [0.5, 0.6) is 0 Å². The number of fused-ring (bicyclic) bond motifs is 10. The molecule has 0 aliphatic carbocycles. The van der Waals surface area contributed by atoms with Gasteiger partial charge in [0.1, 0.15) is 0 Å². The van der Waals surface area contributed by atoms with E-state index in [9.17, 15) is 0 Å². The van der Waals surface area contributed by atoms with E-state index in [0.29, 0.717) is 11.2 Å². The summed E-state index contributed by atoms with van der Waals surface area (Å²) in [5.41, 5.74) is 3.26. The maximum Gasteiger partial charge on any atom is 0.295 e. The van der Waals surface area contributed by atoms with Crippen LogP contribution in [0, 0.1) is 13.1 Å². The van der Waals surface area contributed by atoms with Gasteiger partial charge in [0.05, 0.1) is 11.0 Å². The predicted molar refractivity (Wildman–Crippen MR) is 116 cm³/mol. The third-order valence-electron chi connectivity index (χ3n) is 5.42. The highest BCUT2D eigenvalue weighted by molar-refractivity contribution is 6.23. The molecule has 5 heteroatoms. The van der Waals surface area contributed by atoms with Crippen LogP contribution >= 0.6 is 0 Å². The van der Waals surface area contributed by atoms with Gasteiger partial charge in [-0.1, -0.05) is 61.7 Å². The Morgan fingerprint density at radius 3 is 2.24 bits per heavy atom. The molecule has 0 atom stereocenters. The summed E-state index contributed by atoms with van der Waals surface area (Å²) in [6, 6.07) is 22.6. The van der Waals surface area contributed by atoms with Crippen LogP contribution in [0.3, 0.4) is 0 Å². The number of aromatic nitrogens is 3. The van der Waals surface area contributed by atoms with E-state index in [-0.39, 0.29) is 11.6 Å². The molecule has 0 unspecified atom stereocenters. The Kier molecular flexibility index (Phi) is 2.96. The van der Waals surface area contributed by atoms with Crippen LogP contribution in [0.1, 0.15) is 0 Å². The van der Waals surface area contributed by atoms with Crippen LogP contribution in [0.25, 0.3) is 58.8 Å². The summed E-state index contributed by atoms with van der Waals surface area (Å²) in [6.07, 6.45) is 0. The van der Waals surface area contributed by atoms with Crippen molar-refractivity contribution < 1.29 is 0 Å². The van der Waals surface area contributed by atoms with Crippen molar-refractivity contribution in [2.45, 2.75) is 0 Å². The molecule has 132 valence electrons. The zero-order valence-electron chi connectivity index (χ0n) is 15.1. The average Bonchev–Trinajstić information content (AvgIpc) is 3.17. The monoisotopic (exact) mass is 369 g/mol. The van der Waals surface area contributed by atoms with Gasteiger partial charge in [-0.25, -0.2) is 0 Å². The zero-order valence-corrected chi connectivity index (χ0v) is 15.1. The minimum absolute atomic E-state index is 0.0340. The molecule has 0 bridgehead atoms. The largest absolute Gasteiger partial charge is 0.370 e. The standard InChI is InChI=1S/C24H11N5/c1-25-22-23(26-2)28-24-21(27-22)17-12-11-14-7-3-5-9-16(14)20(17)19-13-15-8-4-6-10-18(15)29(19)24/h3-13H. The van der Waals surface area contributed by atoms with Gasteiger partial charge in [-0.15, -0.1) is 9.97 Å². The van der Waals surface area contributed by atoms with E-state index < -0.39 is 0 Å². The average molecular weight is 369 g/mol. The molecule has 0 fully saturated rings. The van der Waals surface area contributed by atoms with Crippen LogP contribution in [-0.2, 0) is 0 Å². The molecule has 0 aliphatic rings. The molecule has 3 aromatic heterocycles. The van der Waals surface area contributed by atoms with Crippen LogP contribution < -0.4 is 0 Å². The van der Waals surface area contributed by atoms with E-state index in [0.717, 1.165) is 38.0 Å². The summed E-state index contributed by atoms with van der Waals surface area (Å²) in [6.45, 7) is 14.9. The van der Waals surface area contributed by atoms with E-state index in [1.54, 1.807) is 0 Å². The van der Waals surface area contributed by atoms with Gasteiger partial charge in [0.15, 0.2) is 0 Å². The fraction of sp³-hybridized carbons (Fsp3) is 0. The van der Waals surface area contributed by atoms with Crippen LogP contribution in [-0.4, -0.2) is 14.4 Å². The lowest BCUT2D eigenvalue weighted by Crippen LogP contribution is -1.96. The topological polar surface area (TPSA) is 38.9 Å². The van der Waals surface area contributed by atoms with Crippen molar-refractivity contribution in [3.05, 3.63) is 89.6 Å². The number of para-hydroxylation sites is 1. The second-order valence-electron chi connectivity index (χ2n) is 6.90. The first-order valence-corrected chi connectivity index (χ1v) is 9.10. The van der Waals surface area contributed by atoms with Gasteiger partial charge in [-0.3, -0.25) is 4.40 Å². The number of nitrogens with zero attached hydrogens (tertiary/aromatic N) is 5. The minimum Gasteiger partial charge on any atom is -0.370 e. The maximum atomic E-state index is 7.44. The number of hydrogen-bond acceptors (Lipinski definition) is 2. The third-order valence-corrected chi connectivity index (χ3v) is 5.42. The van der Waals surface area contributed by atoms with E-state index in [1.165, 1.54) is 0 Å². The Bertz CT molecular complexity index is 1730. The summed E-state index contributed by atoms with van der Waals surface area (Å²) >= 11 is 0. The molecular weight excluding hydrogens is 358 g/mol. The lowest BCUT2D eigenvalue weighted by Gasteiger charge is -2.08. The SMILES string of the molecule is [C-]#[N+]c1nc2c3ccc4ccccc4c3c3cc4ccccc4n3c2nc1[N+]#[C-]. The van der Waals surface area contributed by atoms with Crippen molar-refractivity contribution in [2.24, 2.45) is 0 Å². The zero-order chi connectivity index (χ0) is 19.5. The highest BCUT2D eigenvalue weighted by Gasteiger charge is 2.22. The first kappa shape index (κ1) is 15.6. The Morgan fingerprint density at radius 2 is 1.41 bits per heavy atom. The fourth-order valence-corrected chi connectivity index (χ4v) is 4.21. The number of pyridine rings is 1. The smallest absolute Gasteiger partial charge is 0.295 e. The van der Waals surface area contributed by atoms with Crippen molar-refractivity contribution in [3.63, 3.8) is 0 Å². The Labute approximate surface area is 165 Å². The normalized spacial score (nSPS) is 11.4. The summed E-state index contributed by atoms with van der Waals surface area (Å²) in [7, 11) is 0. The molecule has 0 saturated carbocycles. The van der Waals surface area contributed by atoms with Crippen LogP contribution in [0.4, 0.5) is 11.6 Å². The lowest BCUT2D eigenvalue weighted by molar-refractivity contribution is 1.23. The van der Waals surface area contributed by atoms with Gasteiger partial charge in [-0.05, 0) is 29.0 Å². The van der Waals surface area contributed by atoms with Crippen LogP contribution in [0.2, 0.25) is 0 Å². The van der Waals surface area contributed by atoms with Crippen molar-refractivity contribution in [2.75, 3.05) is 0 Å². The van der Waals surface area contributed by atoms with Crippen molar-refractivity contribution in [1.82, 2.24) is 14.4 Å². The third kappa shape index (κ3) is 1.96. The predicted octanol–water partition coefficient (Wildman–Crippen LogP) is 6.44. The Morgan fingerprint density at radius 1 is 0.690 bits per heavy atom. The highest BCUT2D eigenvalue weighted by Crippen LogP contribution is 2.38. The molecule has 0 amide bonds. The molecule has 6 aromatic rings. The number of rotatable bonds is 0. The second kappa shape index (κ2) is 5.51. The molecule has 0 aliphatic heterocycles. The quantitative estimate of drug-likeness (QED) is 0.228. The lowest BCUT2D eigenvalue weighted by atomic mass is 10.0. The second-order valence-corrected chi connectivity index (χ2v) is 6.90. The minimum atomic E-state index is 0.0340. The van der Waals surface area contributed by atoms with Gasteiger partial charge in [-0.2, -0.15) is 0 Å². The van der Waals surface area contributed by atoms with E-state index in [1.807, 2.05) is 36.4 Å². The van der Waals surface area contributed by atoms with Crippen molar-refractivity contribution in [3.8, 4) is 0 Å². The first-order valence-electron chi connectivity index (χ1n) is 9.10. The molecule has 0 spiro atoms. The van der Waals surface area contributed by atoms with Gasteiger partial charge >= 0.3 is 0 Å². The molecule has 6 rings (SSSR count). The van der Waals surface area contributed by atoms with Gasteiger partial charge < -0.3 is 9.69 Å². The highest BCUT2D eigenvalue weighted by atomic mass is 15.1. The van der Waals surface area contributed by atoms with E-state index in [2.05, 4.69) is 54.4 Å². The number of benzene rings is 3. The molecule has 0 radical (unpaired) electrons. The van der Waals surface area contributed by atoms with Crippen molar-refractivity contribution in [1.29, 1.82) is 0 Å². The molecule has 5 nitrogen and oxygen atoms in total. The van der Waals surface area contributed by atoms with E-state index in [4.69, 9.17) is 13.1 Å². The molecular formula is C24H11N5. The van der Waals surface area contributed by atoms with Crippen molar-refractivity contribution >= 4 is 60.8 Å². The molecule has 3 heterocycles. The fourth-order valence-electron chi connectivity index (χ4n) is 4.21.